The second-order valence-electron chi connectivity index (χ2n) is 5.20. The summed E-state index contributed by atoms with van der Waals surface area (Å²) >= 11 is 0. The Bertz CT molecular complexity index is 744. The molecule has 7 heteroatoms. The Kier molecular flexibility index (Phi) is 5.36. The van der Waals surface area contributed by atoms with Crippen molar-refractivity contribution in [1.82, 2.24) is 10.3 Å². The number of benzene rings is 2. The number of hydrogen-bond donors (Lipinski definition) is 3. The zero-order valence-electron chi connectivity index (χ0n) is 12.8. The van der Waals surface area contributed by atoms with Gasteiger partial charge in [-0.3, -0.25) is 0 Å². The van der Waals surface area contributed by atoms with Crippen LogP contribution in [0.1, 0.15) is 6.42 Å². The van der Waals surface area contributed by atoms with Crippen LogP contribution in [0.4, 0.5) is 5.69 Å². The third-order valence-electron chi connectivity index (χ3n) is 3.34. The van der Waals surface area contributed by atoms with Crippen LogP contribution in [0.3, 0.4) is 0 Å². The molecule has 22 heavy (non-hydrogen) atoms. The van der Waals surface area contributed by atoms with Crippen LogP contribution < -0.4 is 20.9 Å². The number of nitrogens with one attached hydrogen (secondary N) is 2. The summed E-state index contributed by atoms with van der Waals surface area (Å²) in [4.78, 5) is 4.63. The van der Waals surface area contributed by atoms with Gasteiger partial charge in [-0.05, 0) is 25.1 Å². The van der Waals surface area contributed by atoms with Crippen LogP contribution >= 0.6 is 0 Å². The molecule has 0 radical (unpaired) electrons. The van der Waals surface area contributed by atoms with Crippen LogP contribution in [0.15, 0.2) is 41.3 Å². The molecule has 0 spiro atoms. The Morgan fingerprint density at radius 2 is 1.77 bits per heavy atom. The second-order valence-corrected chi connectivity index (χ2v) is 6.85. The number of hydrazine groups is 1. The number of nitrogens with zero attached hydrogens (tertiary/aromatic N) is 1. The molecule has 0 aromatic heterocycles. The number of fused-ring (bicyclic) bond motifs is 1. The van der Waals surface area contributed by atoms with Crippen molar-refractivity contribution in [1.29, 1.82) is 0 Å². The Hall–Kier alpha value is -1.67. The first kappa shape index (κ1) is 16.7. The fourth-order valence-electron chi connectivity index (χ4n) is 2.28. The van der Waals surface area contributed by atoms with Crippen molar-refractivity contribution in [3.63, 3.8) is 0 Å². The first-order valence-corrected chi connectivity index (χ1v) is 8.59. The molecule has 0 bridgehead atoms. The van der Waals surface area contributed by atoms with Gasteiger partial charge >= 0.3 is 0 Å². The van der Waals surface area contributed by atoms with E-state index in [-0.39, 0.29) is 4.90 Å². The largest absolute Gasteiger partial charge is 0.377 e. The summed E-state index contributed by atoms with van der Waals surface area (Å²) in [5.41, 5.74) is 9.06. The first-order valence-electron chi connectivity index (χ1n) is 7.11. The highest BCUT2D eigenvalue weighted by Crippen LogP contribution is 2.29. The van der Waals surface area contributed by atoms with E-state index in [1.807, 2.05) is 43.3 Å². The molecule has 2 aromatic rings. The molecule has 0 amide bonds. The van der Waals surface area contributed by atoms with Gasteiger partial charge in [-0.15, -0.1) is 4.83 Å². The van der Waals surface area contributed by atoms with Crippen LogP contribution in [-0.2, 0) is 10.0 Å². The predicted octanol–water partition coefficient (Wildman–Crippen LogP) is 1.04. The normalized spacial score (nSPS) is 11.8. The molecule has 0 aliphatic heterocycles. The van der Waals surface area contributed by atoms with Gasteiger partial charge in [0.15, 0.2) is 0 Å². The lowest BCUT2D eigenvalue weighted by Gasteiger charge is -2.17. The minimum Gasteiger partial charge on any atom is -0.377 e. The van der Waals surface area contributed by atoms with Gasteiger partial charge in [0.1, 0.15) is 0 Å². The zero-order chi connectivity index (χ0) is 16.2. The fraction of sp³-hybridized carbons (Fsp3) is 0.333. The van der Waals surface area contributed by atoms with Crippen molar-refractivity contribution in [2.45, 2.75) is 11.3 Å². The highest BCUT2D eigenvalue weighted by atomic mass is 32.2. The molecule has 2 rings (SSSR count). The van der Waals surface area contributed by atoms with Crippen molar-refractivity contribution < 1.29 is 8.42 Å². The fourth-order valence-corrected chi connectivity index (χ4v) is 3.41. The van der Waals surface area contributed by atoms with Crippen LogP contribution in [0.2, 0.25) is 0 Å². The lowest BCUT2D eigenvalue weighted by Crippen LogP contribution is -2.38. The molecule has 0 fully saturated rings. The van der Waals surface area contributed by atoms with Gasteiger partial charge in [-0.1, -0.05) is 24.3 Å². The number of nitrogens with two attached hydrogens (primary N) is 1. The van der Waals surface area contributed by atoms with Gasteiger partial charge in [-0.25, -0.2) is 13.8 Å². The van der Waals surface area contributed by atoms with Crippen molar-refractivity contribution in [2.75, 3.05) is 32.1 Å². The molecule has 0 atom stereocenters. The topological polar surface area (TPSA) is 87.5 Å². The molecule has 0 unspecified atom stereocenters. The van der Waals surface area contributed by atoms with E-state index in [1.54, 1.807) is 12.1 Å². The highest BCUT2D eigenvalue weighted by molar-refractivity contribution is 7.89. The standard InChI is InChI=1S/C15H22N4O2S/c1-19(2)14-8-3-7-13-12(14)6-4-9-15(13)22(20,21)18-17-11-5-10-16/h3-4,6-9,17-18H,5,10-11,16H2,1-2H3. The maximum atomic E-state index is 12.5. The van der Waals surface area contributed by atoms with E-state index < -0.39 is 10.0 Å². The van der Waals surface area contributed by atoms with Crippen molar-refractivity contribution in [2.24, 2.45) is 5.73 Å². The van der Waals surface area contributed by atoms with Crippen molar-refractivity contribution in [3.8, 4) is 0 Å². The Morgan fingerprint density at radius 3 is 2.45 bits per heavy atom. The SMILES string of the molecule is CN(C)c1cccc2c(S(=O)(=O)NNCCCN)cccc12. The van der Waals surface area contributed by atoms with Gasteiger partial charge in [0.25, 0.3) is 10.0 Å². The summed E-state index contributed by atoms with van der Waals surface area (Å²) in [6.45, 7) is 0.999. The summed E-state index contributed by atoms with van der Waals surface area (Å²) in [7, 11) is 0.236. The maximum Gasteiger partial charge on any atom is 0.253 e. The first-order chi connectivity index (χ1) is 10.5. The minimum atomic E-state index is -3.63. The van der Waals surface area contributed by atoms with Gasteiger partial charge in [0, 0.05) is 37.1 Å². The molecule has 6 nitrogen and oxygen atoms in total. The molecular weight excluding hydrogens is 300 g/mol. The van der Waals surface area contributed by atoms with Crippen LogP contribution in [0.5, 0.6) is 0 Å². The predicted molar refractivity (Wildman–Crippen MR) is 90.3 cm³/mol. The third kappa shape index (κ3) is 3.56. The molecular formula is C15H22N4O2S. The summed E-state index contributed by atoms with van der Waals surface area (Å²) in [6.07, 6.45) is 0.697. The van der Waals surface area contributed by atoms with Crippen LogP contribution in [0.25, 0.3) is 10.8 Å². The number of rotatable bonds is 7. The summed E-state index contributed by atoms with van der Waals surface area (Å²) < 4.78 is 24.9. The third-order valence-corrected chi connectivity index (χ3v) is 4.69. The lowest BCUT2D eigenvalue weighted by atomic mass is 10.1. The molecule has 0 saturated heterocycles. The number of anilines is 1. The molecule has 0 aliphatic rings. The Balaban J connectivity index is 2.41. The highest BCUT2D eigenvalue weighted by Gasteiger charge is 2.17. The molecule has 0 saturated carbocycles. The minimum absolute atomic E-state index is 0.258. The molecule has 2 aromatic carbocycles. The van der Waals surface area contributed by atoms with Crippen molar-refractivity contribution >= 4 is 26.5 Å². The van der Waals surface area contributed by atoms with Gasteiger partial charge in [0.05, 0.1) is 4.90 Å². The van der Waals surface area contributed by atoms with E-state index >= 15 is 0 Å². The lowest BCUT2D eigenvalue weighted by molar-refractivity contribution is 0.552. The Labute approximate surface area is 131 Å². The van der Waals surface area contributed by atoms with E-state index in [9.17, 15) is 8.42 Å². The maximum absolute atomic E-state index is 12.5. The molecule has 0 heterocycles. The van der Waals surface area contributed by atoms with Gasteiger partial charge in [0.2, 0.25) is 0 Å². The number of hydrogen-bond acceptors (Lipinski definition) is 5. The molecule has 120 valence electrons. The van der Waals surface area contributed by atoms with E-state index in [0.717, 1.165) is 11.1 Å². The van der Waals surface area contributed by atoms with Gasteiger partial charge in [-0.2, -0.15) is 0 Å². The summed E-state index contributed by atoms with van der Waals surface area (Å²) in [6, 6.07) is 10.9. The molecule has 0 aliphatic carbocycles. The van der Waals surface area contributed by atoms with E-state index in [4.69, 9.17) is 5.73 Å². The van der Waals surface area contributed by atoms with Crippen molar-refractivity contribution in [3.05, 3.63) is 36.4 Å². The van der Waals surface area contributed by atoms with Gasteiger partial charge < -0.3 is 10.6 Å². The quantitative estimate of drug-likeness (QED) is 0.524. The summed E-state index contributed by atoms with van der Waals surface area (Å²) in [5, 5.41) is 1.60. The zero-order valence-corrected chi connectivity index (χ0v) is 13.7. The smallest absolute Gasteiger partial charge is 0.253 e. The average molecular weight is 322 g/mol. The molecule has 4 N–H and O–H groups in total. The van der Waals surface area contributed by atoms with E-state index in [2.05, 4.69) is 10.3 Å². The van der Waals surface area contributed by atoms with E-state index in [0.29, 0.717) is 24.9 Å². The average Bonchev–Trinajstić information content (AvgIpc) is 2.50. The second kappa shape index (κ2) is 7.06. The summed E-state index contributed by atoms with van der Waals surface area (Å²) in [5.74, 6) is 0. The van der Waals surface area contributed by atoms with Crippen LogP contribution in [-0.4, -0.2) is 35.6 Å². The van der Waals surface area contributed by atoms with Crippen LogP contribution in [0, 0.1) is 0 Å². The number of sulfonamides is 1. The monoisotopic (exact) mass is 322 g/mol. The van der Waals surface area contributed by atoms with E-state index in [1.165, 1.54) is 0 Å². The Morgan fingerprint density at radius 1 is 1.09 bits per heavy atom.